The van der Waals surface area contributed by atoms with Gasteiger partial charge in [-0.1, -0.05) is 13.0 Å². The van der Waals surface area contributed by atoms with Gasteiger partial charge in [0.25, 0.3) is 0 Å². The third-order valence-corrected chi connectivity index (χ3v) is 2.99. The van der Waals surface area contributed by atoms with Crippen LogP contribution in [0.1, 0.15) is 25.3 Å². The van der Waals surface area contributed by atoms with E-state index in [0.717, 1.165) is 44.0 Å². The standard InChI is InChI=1S/C16H28N2O2/c1-5-9-17-13-14-7-8-15(16(12-14)19-4)20-11-6-10-18(2)3/h7-8,12,17H,5-6,9-11,13H2,1-4H3. The number of benzene rings is 1. The fourth-order valence-electron chi connectivity index (χ4n) is 1.91. The van der Waals surface area contributed by atoms with Crippen LogP contribution in [0.15, 0.2) is 18.2 Å². The molecule has 0 bridgehead atoms. The van der Waals surface area contributed by atoms with Crippen molar-refractivity contribution in [3.05, 3.63) is 23.8 Å². The van der Waals surface area contributed by atoms with Crippen LogP contribution >= 0.6 is 0 Å². The molecule has 0 heterocycles. The highest BCUT2D eigenvalue weighted by Crippen LogP contribution is 2.28. The molecule has 0 saturated heterocycles. The zero-order valence-corrected chi connectivity index (χ0v) is 13.2. The van der Waals surface area contributed by atoms with Gasteiger partial charge in [-0.2, -0.15) is 0 Å². The maximum Gasteiger partial charge on any atom is 0.161 e. The summed E-state index contributed by atoms with van der Waals surface area (Å²) in [6.45, 7) is 5.80. The molecule has 20 heavy (non-hydrogen) atoms. The van der Waals surface area contributed by atoms with Gasteiger partial charge in [-0.15, -0.1) is 0 Å². The summed E-state index contributed by atoms with van der Waals surface area (Å²) in [7, 11) is 5.82. The summed E-state index contributed by atoms with van der Waals surface area (Å²) in [6.07, 6.45) is 2.15. The van der Waals surface area contributed by atoms with Gasteiger partial charge in [0.1, 0.15) is 0 Å². The largest absolute Gasteiger partial charge is 0.493 e. The molecule has 0 amide bonds. The van der Waals surface area contributed by atoms with Crippen LogP contribution < -0.4 is 14.8 Å². The molecule has 0 radical (unpaired) electrons. The fraction of sp³-hybridized carbons (Fsp3) is 0.625. The molecule has 1 N–H and O–H groups in total. The molecule has 114 valence electrons. The lowest BCUT2D eigenvalue weighted by Gasteiger charge is -2.14. The van der Waals surface area contributed by atoms with Crippen LogP contribution in [0.2, 0.25) is 0 Å². The minimum absolute atomic E-state index is 0.710. The van der Waals surface area contributed by atoms with Crippen LogP contribution in [0.4, 0.5) is 0 Å². The van der Waals surface area contributed by atoms with E-state index in [2.05, 4.69) is 37.3 Å². The first-order valence-corrected chi connectivity index (χ1v) is 7.32. The van der Waals surface area contributed by atoms with Crippen molar-refractivity contribution in [2.45, 2.75) is 26.3 Å². The Morgan fingerprint density at radius 1 is 1.20 bits per heavy atom. The Morgan fingerprint density at radius 3 is 2.65 bits per heavy atom. The molecule has 0 aromatic heterocycles. The predicted octanol–water partition coefficient (Wildman–Crippen LogP) is 2.53. The molecule has 0 atom stereocenters. The van der Waals surface area contributed by atoms with Gasteiger partial charge in [0.15, 0.2) is 11.5 Å². The molecule has 1 aromatic carbocycles. The number of hydrogen-bond acceptors (Lipinski definition) is 4. The number of hydrogen-bond donors (Lipinski definition) is 1. The highest BCUT2D eigenvalue weighted by molar-refractivity contribution is 5.42. The van der Waals surface area contributed by atoms with E-state index in [1.807, 2.05) is 12.1 Å². The Hall–Kier alpha value is -1.26. The summed E-state index contributed by atoms with van der Waals surface area (Å²) in [6, 6.07) is 6.13. The van der Waals surface area contributed by atoms with E-state index < -0.39 is 0 Å². The average molecular weight is 280 g/mol. The van der Waals surface area contributed by atoms with E-state index in [9.17, 15) is 0 Å². The minimum atomic E-state index is 0.710. The predicted molar refractivity (Wildman–Crippen MR) is 83.7 cm³/mol. The van der Waals surface area contributed by atoms with Gasteiger partial charge >= 0.3 is 0 Å². The highest BCUT2D eigenvalue weighted by Gasteiger charge is 2.05. The lowest BCUT2D eigenvalue weighted by atomic mass is 10.2. The van der Waals surface area contributed by atoms with Gasteiger partial charge < -0.3 is 19.7 Å². The maximum absolute atomic E-state index is 5.79. The molecule has 0 aliphatic rings. The Bertz CT molecular complexity index is 381. The molecule has 4 nitrogen and oxygen atoms in total. The van der Waals surface area contributed by atoms with Crippen molar-refractivity contribution < 1.29 is 9.47 Å². The first-order chi connectivity index (χ1) is 9.67. The Balaban J connectivity index is 2.50. The topological polar surface area (TPSA) is 33.7 Å². The second-order valence-electron chi connectivity index (χ2n) is 5.17. The number of rotatable bonds is 10. The molecule has 0 aliphatic heterocycles. The maximum atomic E-state index is 5.79. The second-order valence-corrected chi connectivity index (χ2v) is 5.17. The fourth-order valence-corrected chi connectivity index (χ4v) is 1.91. The van der Waals surface area contributed by atoms with E-state index in [1.165, 1.54) is 5.56 Å². The third kappa shape index (κ3) is 6.26. The van der Waals surface area contributed by atoms with Crippen LogP contribution in [0.25, 0.3) is 0 Å². The van der Waals surface area contributed by atoms with Gasteiger partial charge in [-0.05, 0) is 51.2 Å². The van der Waals surface area contributed by atoms with Crippen molar-refractivity contribution in [1.82, 2.24) is 10.2 Å². The molecule has 0 fully saturated rings. The van der Waals surface area contributed by atoms with Crippen molar-refractivity contribution in [2.24, 2.45) is 0 Å². The van der Waals surface area contributed by atoms with Gasteiger partial charge in [-0.25, -0.2) is 0 Å². The van der Waals surface area contributed by atoms with Crippen molar-refractivity contribution in [3.63, 3.8) is 0 Å². The molecule has 1 aromatic rings. The van der Waals surface area contributed by atoms with Crippen molar-refractivity contribution in [2.75, 3.05) is 40.9 Å². The van der Waals surface area contributed by atoms with Gasteiger partial charge in [0.05, 0.1) is 13.7 Å². The van der Waals surface area contributed by atoms with Crippen LogP contribution in [0, 0.1) is 0 Å². The smallest absolute Gasteiger partial charge is 0.161 e. The molecular weight excluding hydrogens is 252 g/mol. The first kappa shape index (κ1) is 16.8. The van der Waals surface area contributed by atoms with E-state index >= 15 is 0 Å². The van der Waals surface area contributed by atoms with Crippen molar-refractivity contribution in [3.8, 4) is 11.5 Å². The van der Waals surface area contributed by atoms with Gasteiger partial charge in [0.2, 0.25) is 0 Å². The van der Waals surface area contributed by atoms with E-state index in [1.54, 1.807) is 7.11 Å². The Morgan fingerprint density at radius 2 is 2.00 bits per heavy atom. The SMILES string of the molecule is CCCNCc1ccc(OCCCN(C)C)c(OC)c1. The number of nitrogens with one attached hydrogen (secondary N) is 1. The molecule has 1 rings (SSSR count). The summed E-state index contributed by atoms with van der Waals surface area (Å²) in [5.41, 5.74) is 1.22. The zero-order valence-electron chi connectivity index (χ0n) is 13.2. The minimum Gasteiger partial charge on any atom is -0.493 e. The highest BCUT2D eigenvalue weighted by atomic mass is 16.5. The summed E-state index contributed by atoms with van der Waals surface area (Å²) in [5, 5.41) is 3.39. The van der Waals surface area contributed by atoms with Crippen LogP contribution in [-0.2, 0) is 6.54 Å². The lowest BCUT2D eigenvalue weighted by Crippen LogP contribution is -2.16. The first-order valence-electron chi connectivity index (χ1n) is 7.32. The second kappa shape index (κ2) is 9.61. The number of methoxy groups -OCH3 is 1. The third-order valence-electron chi connectivity index (χ3n) is 2.99. The quantitative estimate of drug-likeness (QED) is 0.668. The molecule has 0 saturated carbocycles. The zero-order chi connectivity index (χ0) is 14.8. The Kier molecular flexibility index (Phi) is 8.07. The van der Waals surface area contributed by atoms with E-state index in [-0.39, 0.29) is 0 Å². The number of ether oxygens (including phenoxy) is 2. The summed E-state index contributed by atoms with van der Waals surface area (Å²) >= 11 is 0. The van der Waals surface area contributed by atoms with Crippen molar-refractivity contribution in [1.29, 1.82) is 0 Å². The van der Waals surface area contributed by atoms with Gasteiger partial charge in [-0.3, -0.25) is 0 Å². The molecule has 0 aliphatic carbocycles. The van der Waals surface area contributed by atoms with Crippen LogP contribution in [0.3, 0.4) is 0 Å². The van der Waals surface area contributed by atoms with E-state index in [0.29, 0.717) is 6.61 Å². The monoisotopic (exact) mass is 280 g/mol. The molecular formula is C16H28N2O2. The van der Waals surface area contributed by atoms with E-state index in [4.69, 9.17) is 9.47 Å². The molecule has 4 heteroatoms. The van der Waals surface area contributed by atoms with Crippen molar-refractivity contribution >= 4 is 0 Å². The molecule has 0 spiro atoms. The molecule has 0 unspecified atom stereocenters. The average Bonchev–Trinajstić information content (AvgIpc) is 2.44. The van der Waals surface area contributed by atoms with Crippen LogP contribution in [0.5, 0.6) is 11.5 Å². The Labute approximate surface area is 123 Å². The van der Waals surface area contributed by atoms with Crippen LogP contribution in [-0.4, -0.2) is 45.8 Å². The summed E-state index contributed by atoms with van der Waals surface area (Å²) < 4.78 is 11.2. The number of nitrogens with zero attached hydrogens (tertiary/aromatic N) is 1. The lowest BCUT2D eigenvalue weighted by molar-refractivity contribution is 0.268. The summed E-state index contributed by atoms with van der Waals surface area (Å²) in [5.74, 6) is 1.64. The summed E-state index contributed by atoms with van der Waals surface area (Å²) in [4.78, 5) is 2.16. The normalized spacial score (nSPS) is 10.8. The van der Waals surface area contributed by atoms with Gasteiger partial charge in [0, 0.05) is 13.1 Å².